The highest BCUT2D eigenvalue weighted by molar-refractivity contribution is 5.35. The third kappa shape index (κ3) is 4.10. The third-order valence-corrected chi connectivity index (χ3v) is 2.20. The summed E-state index contributed by atoms with van der Waals surface area (Å²) in [6, 6.07) is 4.36. The molecule has 0 aliphatic heterocycles. The molecule has 1 rings (SSSR count). The normalized spacial score (nSPS) is 11.6. The molecule has 0 aromatic heterocycles. The number of ether oxygens (including phenoxy) is 1. The quantitative estimate of drug-likeness (QED) is 0.867. The van der Waals surface area contributed by atoms with Gasteiger partial charge in [0.15, 0.2) is 0 Å². The largest absolute Gasteiger partial charge is 0.573 e. The van der Waals surface area contributed by atoms with Gasteiger partial charge in [-0.1, -0.05) is 6.07 Å². The maximum Gasteiger partial charge on any atom is 0.573 e. The van der Waals surface area contributed by atoms with Crippen LogP contribution in [0.5, 0.6) is 5.75 Å². The van der Waals surface area contributed by atoms with Crippen LogP contribution in [-0.2, 0) is 6.42 Å². The van der Waals surface area contributed by atoms with E-state index in [1.165, 1.54) is 12.1 Å². The van der Waals surface area contributed by atoms with Gasteiger partial charge < -0.3 is 10.5 Å². The molecule has 0 unspecified atom stereocenters. The molecule has 2 N–H and O–H groups in total. The van der Waals surface area contributed by atoms with E-state index in [2.05, 4.69) is 4.74 Å². The predicted molar refractivity (Wildman–Crippen MR) is 55.2 cm³/mol. The Morgan fingerprint density at radius 3 is 2.50 bits per heavy atom. The monoisotopic (exact) mass is 233 g/mol. The first kappa shape index (κ1) is 12.8. The van der Waals surface area contributed by atoms with Crippen LogP contribution in [0.15, 0.2) is 18.2 Å². The number of alkyl halides is 3. The Morgan fingerprint density at radius 1 is 1.31 bits per heavy atom. The molecule has 2 nitrogen and oxygen atoms in total. The molecule has 0 amide bonds. The van der Waals surface area contributed by atoms with Crippen LogP contribution in [0, 0.1) is 6.92 Å². The van der Waals surface area contributed by atoms with Crippen LogP contribution < -0.4 is 10.5 Å². The molecule has 0 atom stereocenters. The van der Waals surface area contributed by atoms with Crippen molar-refractivity contribution in [2.75, 3.05) is 6.54 Å². The summed E-state index contributed by atoms with van der Waals surface area (Å²) in [5.41, 5.74) is 7.15. The van der Waals surface area contributed by atoms with Crippen molar-refractivity contribution in [2.45, 2.75) is 26.1 Å². The molecule has 16 heavy (non-hydrogen) atoms. The van der Waals surface area contributed by atoms with Gasteiger partial charge in [0.2, 0.25) is 0 Å². The summed E-state index contributed by atoms with van der Waals surface area (Å²) in [6.07, 6.45) is -3.04. The van der Waals surface area contributed by atoms with Crippen molar-refractivity contribution in [2.24, 2.45) is 5.73 Å². The Bertz CT molecular complexity index is 350. The van der Waals surface area contributed by atoms with Gasteiger partial charge >= 0.3 is 6.36 Å². The lowest BCUT2D eigenvalue weighted by Crippen LogP contribution is -2.17. The highest BCUT2D eigenvalue weighted by Gasteiger charge is 2.31. The molecule has 5 heteroatoms. The molecule has 0 spiro atoms. The first-order valence-electron chi connectivity index (χ1n) is 4.98. The Hall–Kier alpha value is -1.23. The van der Waals surface area contributed by atoms with Crippen molar-refractivity contribution in [3.8, 4) is 5.75 Å². The van der Waals surface area contributed by atoms with E-state index in [0.717, 1.165) is 24.0 Å². The smallest absolute Gasteiger partial charge is 0.406 e. The fourth-order valence-corrected chi connectivity index (χ4v) is 1.44. The molecular formula is C11H14F3NO. The van der Waals surface area contributed by atoms with Gasteiger partial charge in [0.1, 0.15) is 5.75 Å². The zero-order valence-corrected chi connectivity index (χ0v) is 8.97. The van der Waals surface area contributed by atoms with Crippen molar-refractivity contribution in [1.82, 2.24) is 0 Å². The SMILES string of the molecule is Cc1cc(OC(F)(F)F)ccc1CCCN. The van der Waals surface area contributed by atoms with E-state index in [-0.39, 0.29) is 5.75 Å². The Kier molecular flexibility index (Phi) is 4.18. The van der Waals surface area contributed by atoms with E-state index in [4.69, 9.17) is 5.73 Å². The first-order valence-corrected chi connectivity index (χ1v) is 4.98. The fourth-order valence-electron chi connectivity index (χ4n) is 1.44. The van der Waals surface area contributed by atoms with Gasteiger partial charge in [0.05, 0.1) is 0 Å². The van der Waals surface area contributed by atoms with Crippen molar-refractivity contribution in [1.29, 1.82) is 0 Å². The summed E-state index contributed by atoms with van der Waals surface area (Å²) in [7, 11) is 0. The van der Waals surface area contributed by atoms with Crippen LogP contribution in [0.1, 0.15) is 17.5 Å². The molecule has 90 valence electrons. The maximum absolute atomic E-state index is 11.9. The second kappa shape index (κ2) is 5.21. The van der Waals surface area contributed by atoms with E-state index < -0.39 is 6.36 Å². The third-order valence-electron chi connectivity index (χ3n) is 2.20. The lowest BCUT2D eigenvalue weighted by atomic mass is 10.0. The zero-order valence-electron chi connectivity index (χ0n) is 8.97. The highest BCUT2D eigenvalue weighted by atomic mass is 19.4. The van der Waals surface area contributed by atoms with E-state index in [1.54, 1.807) is 13.0 Å². The van der Waals surface area contributed by atoms with E-state index in [0.29, 0.717) is 6.54 Å². The standard InChI is InChI=1S/C11H14F3NO/c1-8-7-10(16-11(12,13)14)5-4-9(8)3-2-6-15/h4-5,7H,2-3,6,15H2,1H3. The van der Waals surface area contributed by atoms with E-state index >= 15 is 0 Å². The summed E-state index contributed by atoms with van der Waals surface area (Å²) >= 11 is 0. The summed E-state index contributed by atoms with van der Waals surface area (Å²) in [6.45, 7) is 2.33. The fraction of sp³-hybridized carbons (Fsp3) is 0.455. The van der Waals surface area contributed by atoms with Gasteiger partial charge in [0, 0.05) is 0 Å². The topological polar surface area (TPSA) is 35.2 Å². The number of hydrogen-bond acceptors (Lipinski definition) is 2. The Balaban J connectivity index is 2.74. The Morgan fingerprint density at radius 2 is 2.00 bits per heavy atom. The van der Waals surface area contributed by atoms with Crippen LogP contribution in [0.3, 0.4) is 0 Å². The molecule has 0 bridgehead atoms. The number of benzene rings is 1. The van der Waals surface area contributed by atoms with Gasteiger partial charge in [0.25, 0.3) is 0 Å². The molecule has 0 radical (unpaired) electrons. The first-order chi connectivity index (χ1) is 7.42. The van der Waals surface area contributed by atoms with Crippen LogP contribution >= 0.6 is 0 Å². The lowest BCUT2D eigenvalue weighted by Gasteiger charge is -2.11. The molecule has 1 aromatic rings. The van der Waals surface area contributed by atoms with Gasteiger partial charge in [-0.05, 0) is 49.6 Å². The van der Waals surface area contributed by atoms with Crippen LogP contribution in [0.25, 0.3) is 0 Å². The number of halogens is 3. The second-order valence-corrected chi connectivity index (χ2v) is 3.53. The number of hydrogen-bond donors (Lipinski definition) is 1. The summed E-state index contributed by atoms with van der Waals surface area (Å²) in [5.74, 6) is -0.179. The summed E-state index contributed by atoms with van der Waals surface area (Å²) < 4.78 is 39.6. The minimum Gasteiger partial charge on any atom is -0.406 e. The molecule has 0 saturated carbocycles. The summed E-state index contributed by atoms with van der Waals surface area (Å²) in [5, 5.41) is 0. The molecule has 1 aromatic carbocycles. The van der Waals surface area contributed by atoms with Crippen LogP contribution in [-0.4, -0.2) is 12.9 Å². The van der Waals surface area contributed by atoms with Crippen LogP contribution in [0.2, 0.25) is 0 Å². The summed E-state index contributed by atoms with van der Waals surface area (Å²) in [4.78, 5) is 0. The predicted octanol–water partition coefficient (Wildman–Crippen LogP) is 2.78. The molecule has 0 heterocycles. The number of aryl methyl sites for hydroxylation is 2. The number of rotatable bonds is 4. The van der Waals surface area contributed by atoms with Gasteiger partial charge in [-0.15, -0.1) is 13.2 Å². The van der Waals surface area contributed by atoms with Crippen molar-refractivity contribution in [3.05, 3.63) is 29.3 Å². The average Bonchev–Trinajstić information content (AvgIpc) is 2.14. The van der Waals surface area contributed by atoms with Crippen molar-refractivity contribution < 1.29 is 17.9 Å². The Labute approximate surface area is 92.2 Å². The van der Waals surface area contributed by atoms with E-state index in [9.17, 15) is 13.2 Å². The second-order valence-electron chi connectivity index (χ2n) is 3.53. The molecule has 0 saturated heterocycles. The van der Waals surface area contributed by atoms with E-state index in [1.807, 2.05) is 0 Å². The molecule has 0 fully saturated rings. The highest BCUT2D eigenvalue weighted by Crippen LogP contribution is 2.25. The average molecular weight is 233 g/mol. The van der Waals surface area contributed by atoms with Crippen molar-refractivity contribution in [3.63, 3.8) is 0 Å². The maximum atomic E-state index is 11.9. The zero-order chi connectivity index (χ0) is 12.2. The van der Waals surface area contributed by atoms with Crippen molar-refractivity contribution >= 4 is 0 Å². The molecular weight excluding hydrogens is 219 g/mol. The molecule has 0 aliphatic rings. The van der Waals surface area contributed by atoms with Gasteiger partial charge in [-0.3, -0.25) is 0 Å². The lowest BCUT2D eigenvalue weighted by molar-refractivity contribution is -0.274. The minimum absolute atomic E-state index is 0.179. The van der Waals surface area contributed by atoms with Crippen LogP contribution in [0.4, 0.5) is 13.2 Å². The molecule has 0 aliphatic carbocycles. The minimum atomic E-state index is -4.63. The van der Waals surface area contributed by atoms with Gasteiger partial charge in [-0.25, -0.2) is 0 Å². The number of nitrogens with two attached hydrogens (primary N) is 1. The van der Waals surface area contributed by atoms with Gasteiger partial charge in [-0.2, -0.15) is 0 Å².